The summed E-state index contributed by atoms with van der Waals surface area (Å²) in [6.07, 6.45) is 5.34. The molecule has 2 bridgehead atoms. The Balaban J connectivity index is 1.66. The number of nitrogen functional groups attached to an aromatic ring is 2. The normalized spacial score (nSPS) is 29.4. The van der Waals surface area contributed by atoms with Crippen molar-refractivity contribution in [3.8, 4) is 0 Å². The van der Waals surface area contributed by atoms with E-state index in [4.69, 9.17) is 11.5 Å². The van der Waals surface area contributed by atoms with E-state index in [2.05, 4.69) is 12.2 Å². The zero-order chi connectivity index (χ0) is 14.3. The number of rotatable bonds is 3. The van der Waals surface area contributed by atoms with Gasteiger partial charge < -0.3 is 16.8 Å². The summed E-state index contributed by atoms with van der Waals surface area (Å²) in [4.78, 5) is 12.3. The fourth-order valence-electron chi connectivity index (χ4n) is 4.11. The molecule has 0 radical (unpaired) electrons. The van der Waals surface area contributed by atoms with Gasteiger partial charge in [0, 0.05) is 23.0 Å². The Bertz CT molecular complexity index is 508. The SMILES string of the molecule is CC(NC(=O)c1cc(N)cc(N)c1)C1CC2CCC1C2. The number of nitrogens with two attached hydrogens (primary N) is 2. The van der Waals surface area contributed by atoms with Gasteiger partial charge in [0.15, 0.2) is 0 Å². The zero-order valence-corrected chi connectivity index (χ0v) is 11.9. The Kier molecular flexibility index (Phi) is 3.32. The summed E-state index contributed by atoms with van der Waals surface area (Å²) in [7, 11) is 0. The molecular formula is C16H23N3O. The van der Waals surface area contributed by atoms with Crippen LogP contribution in [-0.2, 0) is 0 Å². The van der Waals surface area contributed by atoms with Crippen molar-refractivity contribution in [3.05, 3.63) is 23.8 Å². The number of hydrogen-bond donors (Lipinski definition) is 3. The van der Waals surface area contributed by atoms with Crippen LogP contribution in [0.15, 0.2) is 18.2 Å². The lowest BCUT2D eigenvalue weighted by molar-refractivity contribution is 0.0915. The van der Waals surface area contributed by atoms with Crippen LogP contribution < -0.4 is 16.8 Å². The number of hydrogen-bond acceptors (Lipinski definition) is 3. The monoisotopic (exact) mass is 273 g/mol. The number of carbonyl (C=O) groups is 1. The molecule has 20 heavy (non-hydrogen) atoms. The fourth-order valence-corrected chi connectivity index (χ4v) is 4.11. The highest BCUT2D eigenvalue weighted by atomic mass is 16.1. The van der Waals surface area contributed by atoms with Gasteiger partial charge in [-0.05, 0) is 62.1 Å². The summed E-state index contributed by atoms with van der Waals surface area (Å²) in [5.41, 5.74) is 13.1. The molecule has 2 aliphatic carbocycles. The minimum absolute atomic E-state index is 0.0701. The highest BCUT2D eigenvalue weighted by Crippen LogP contribution is 2.49. The Labute approximate surface area is 119 Å². The van der Waals surface area contributed by atoms with Crippen molar-refractivity contribution in [2.45, 2.75) is 38.6 Å². The van der Waals surface area contributed by atoms with Crippen molar-refractivity contribution in [2.24, 2.45) is 17.8 Å². The molecule has 1 aromatic carbocycles. The molecule has 4 atom stereocenters. The van der Waals surface area contributed by atoms with Gasteiger partial charge in [0.2, 0.25) is 0 Å². The summed E-state index contributed by atoms with van der Waals surface area (Å²) < 4.78 is 0. The van der Waals surface area contributed by atoms with E-state index in [0.717, 1.165) is 11.8 Å². The molecule has 108 valence electrons. The van der Waals surface area contributed by atoms with Crippen LogP contribution in [0.2, 0.25) is 0 Å². The molecule has 0 aliphatic heterocycles. The number of carbonyl (C=O) groups excluding carboxylic acids is 1. The summed E-state index contributed by atoms with van der Waals surface area (Å²) in [5.74, 6) is 2.27. The minimum atomic E-state index is -0.0701. The Morgan fingerprint density at radius 3 is 2.45 bits per heavy atom. The number of anilines is 2. The van der Waals surface area contributed by atoms with Crippen molar-refractivity contribution in [2.75, 3.05) is 11.5 Å². The molecule has 5 N–H and O–H groups in total. The first kappa shape index (κ1) is 13.3. The van der Waals surface area contributed by atoms with E-state index in [9.17, 15) is 4.79 Å². The van der Waals surface area contributed by atoms with Gasteiger partial charge in [0.05, 0.1) is 0 Å². The van der Waals surface area contributed by atoms with Crippen LogP contribution in [-0.4, -0.2) is 11.9 Å². The standard InChI is InChI=1S/C16H23N3O/c1-9(15-5-10-2-3-11(15)4-10)19-16(20)12-6-13(17)8-14(18)7-12/h6-11,15H,2-5,17-18H2,1H3,(H,19,20). The Hall–Kier alpha value is -1.71. The summed E-state index contributed by atoms with van der Waals surface area (Å²) in [6, 6.07) is 5.25. The van der Waals surface area contributed by atoms with Crippen LogP contribution >= 0.6 is 0 Å². The van der Waals surface area contributed by atoms with E-state index in [1.165, 1.54) is 25.7 Å². The summed E-state index contributed by atoms with van der Waals surface area (Å²) in [5, 5.41) is 3.13. The van der Waals surface area contributed by atoms with E-state index >= 15 is 0 Å². The summed E-state index contributed by atoms with van der Waals surface area (Å²) >= 11 is 0. The van der Waals surface area contributed by atoms with E-state index in [1.54, 1.807) is 18.2 Å². The van der Waals surface area contributed by atoms with Crippen LogP contribution in [0.3, 0.4) is 0 Å². The maximum atomic E-state index is 12.3. The van der Waals surface area contributed by atoms with E-state index in [-0.39, 0.29) is 11.9 Å². The molecule has 2 aliphatic rings. The molecule has 4 heteroatoms. The fraction of sp³-hybridized carbons (Fsp3) is 0.562. The average molecular weight is 273 g/mol. The molecule has 2 saturated carbocycles. The minimum Gasteiger partial charge on any atom is -0.399 e. The predicted molar refractivity (Wildman–Crippen MR) is 81.1 cm³/mol. The number of nitrogens with one attached hydrogen (secondary N) is 1. The maximum Gasteiger partial charge on any atom is 0.251 e. The molecule has 1 amide bonds. The number of fused-ring (bicyclic) bond motifs is 2. The largest absolute Gasteiger partial charge is 0.399 e. The molecule has 0 saturated heterocycles. The second kappa shape index (κ2) is 5.00. The lowest BCUT2D eigenvalue weighted by Crippen LogP contribution is -2.40. The first-order valence-electron chi connectivity index (χ1n) is 7.50. The Morgan fingerprint density at radius 1 is 1.20 bits per heavy atom. The van der Waals surface area contributed by atoms with Gasteiger partial charge in [-0.2, -0.15) is 0 Å². The van der Waals surface area contributed by atoms with Gasteiger partial charge in [-0.1, -0.05) is 6.42 Å². The van der Waals surface area contributed by atoms with Crippen molar-refractivity contribution in [1.29, 1.82) is 0 Å². The molecule has 1 aromatic rings. The molecule has 4 unspecified atom stereocenters. The van der Waals surface area contributed by atoms with Gasteiger partial charge in [-0.3, -0.25) is 4.79 Å². The second-order valence-corrected chi connectivity index (χ2v) is 6.49. The van der Waals surface area contributed by atoms with Gasteiger partial charge in [0.25, 0.3) is 5.91 Å². The van der Waals surface area contributed by atoms with Crippen LogP contribution in [0.5, 0.6) is 0 Å². The molecule has 0 spiro atoms. The van der Waals surface area contributed by atoms with E-state index < -0.39 is 0 Å². The van der Waals surface area contributed by atoms with Crippen molar-refractivity contribution < 1.29 is 4.79 Å². The topological polar surface area (TPSA) is 81.1 Å². The van der Waals surface area contributed by atoms with Gasteiger partial charge >= 0.3 is 0 Å². The third-order valence-electron chi connectivity index (χ3n) is 5.03. The average Bonchev–Trinajstić information content (AvgIpc) is 2.99. The smallest absolute Gasteiger partial charge is 0.251 e. The lowest BCUT2D eigenvalue weighted by atomic mass is 9.84. The van der Waals surface area contributed by atoms with Crippen molar-refractivity contribution >= 4 is 17.3 Å². The molecule has 3 rings (SSSR count). The molecule has 2 fully saturated rings. The maximum absolute atomic E-state index is 12.3. The van der Waals surface area contributed by atoms with Crippen LogP contribution in [0.1, 0.15) is 43.0 Å². The van der Waals surface area contributed by atoms with Gasteiger partial charge in [-0.25, -0.2) is 0 Å². The lowest BCUT2D eigenvalue weighted by Gasteiger charge is -2.28. The molecule has 0 heterocycles. The Morgan fingerprint density at radius 2 is 1.90 bits per heavy atom. The highest BCUT2D eigenvalue weighted by molar-refractivity contribution is 5.96. The van der Waals surface area contributed by atoms with Crippen LogP contribution in [0, 0.1) is 17.8 Å². The molecular weight excluding hydrogens is 250 g/mol. The van der Waals surface area contributed by atoms with Crippen molar-refractivity contribution in [1.82, 2.24) is 5.32 Å². The first-order chi connectivity index (χ1) is 9.52. The zero-order valence-electron chi connectivity index (χ0n) is 11.9. The van der Waals surface area contributed by atoms with Gasteiger partial charge in [0.1, 0.15) is 0 Å². The van der Waals surface area contributed by atoms with Crippen LogP contribution in [0.4, 0.5) is 11.4 Å². The third-order valence-corrected chi connectivity index (χ3v) is 5.03. The highest BCUT2D eigenvalue weighted by Gasteiger charge is 2.42. The quantitative estimate of drug-likeness (QED) is 0.740. The van der Waals surface area contributed by atoms with Crippen LogP contribution in [0.25, 0.3) is 0 Å². The molecule has 0 aromatic heterocycles. The van der Waals surface area contributed by atoms with E-state index in [1.807, 2.05) is 0 Å². The summed E-state index contributed by atoms with van der Waals surface area (Å²) in [6.45, 7) is 2.12. The van der Waals surface area contributed by atoms with E-state index in [0.29, 0.717) is 22.9 Å². The van der Waals surface area contributed by atoms with Gasteiger partial charge in [-0.15, -0.1) is 0 Å². The first-order valence-corrected chi connectivity index (χ1v) is 7.50. The number of amides is 1. The number of benzene rings is 1. The second-order valence-electron chi connectivity index (χ2n) is 6.49. The van der Waals surface area contributed by atoms with Crippen molar-refractivity contribution in [3.63, 3.8) is 0 Å². The molecule has 4 nitrogen and oxygen atoms in total. The third kappa shape index (κ3) is 2.47. The predicted octanol–water partition coefficient (Wildman–Crippen LogP) is 2.41.